The molecule has 0 aliphatic carbocycles. The van der Waals surface area contributed by atoms with Crippen molar-refractivity contribution in [2.24, 2.45) is 0 Å². The molecule has 10 heteroatoms. The molecule has 0 aliphatic heterocycles. The number of methoxy groups -OCH3 is 4. The van der Waals surface area contributed by atoms with Gasteiger partial charge in [-0.05, 0) is 19.1 Å². The molecule has 1 amide bonds. The number of halogens is 1. The minimum absolute atomic E-state index is 0.117. The Balaban J connectivity index is 2.08. The first kappa shape index (κ1) is 23.9. The van der Waals surface area contributed by atoms with Crippen molar-refractivity contribution < 1.29 is 38.0 Å². The van der Waals surface area contributed by atoms with Crippen LogP contribution in [0.2, 0.25) is 5.02 Å². The largest absolute Gasteiger partial charge is 0.493 e. The molecular formula is C21H24ClNO8. The zero-order chi connectivity index (χ0) is 23.0. The lowest BCUT2D eigenvalue weighted by atomic mass is 10.2. The van der Waals surface area contributed by atoms with Crippen LogP contribution in [0, 0.1) is 0 Å². The average molecular weight is 454 g/mol. The van der Waals surface area contributed by atoms with Crippen LogP contribution in [0.3, 0.4) is 0 Å². The average Bonchev–Trinajstić information content (AvgIpc) is 2.77. The Morgan fingerprint density at radius 2 is 1.45 bits per heavy atom. The first-order valence-electron chi connectivity index (χ1n) is 9.15. The third-order valence-corrected chi connectivity index (χ3v) is 4.32. The minimum atomic E-state index is -0.747. The Hall–Kier alpha value is -3.33. The highest BCUT2D eigenvalue weighted by atomic mass is 35.5. The number of amides is 1. The fourth-order valence-corrected chi connectivity index (χ4v) is 2.95. The number of carbonyl (C=O) groups is 2. The van der Waals surface area contributed by atoms with E-state index in [2.05, 4.69) is 5.32 Å². The van der Waals surface area contributed by atoms with E-state index < -0.39 is 18.5 Å². The van der Waals surface area contributed by atoms with E-state index in [4.69, 9.17) is 40.0 Å². The van der Waals surface area contributed by atoms with Crippen LogP contribution in [0.25, 0.3) is 0 Å². The Morgan fingerprint density at radius 3 is 1.97 bits per heavy atom. The lowest BCUT2D eigenvalue weighted by molar-refractivity contribution is -0.119. The van der Waals surface area contributed by atoms with E-state index in [0.29, 0.717) is 35.3 Å². The third-order valence-electron chi connectivity index (χ3n) is 4.04. The Labute approximate surface area is 185 Å². The maximum atomic E-state index is 12.4. The van der Waals surface area contributed by atoms with E-state index in [1.54, 1.807) is 19.1 Å². The topological polar surface area (TPSA) is 102 Å². The van der Waals surface area contributed by atoms with Gasteiger partial charge in [-0.15, -0.1) is 0 Å². The molecule has 0 saturated heterocycles. The summed E-state index contributed by atoms with van der Waals surface area (Å²) in [5, 5.41) is 2.80. The van der Waals surface area contributed by atoms with Crippen LogP contribution in [-0.4, -0.2) is 53.5 Å². The summed E-state index contributed by atoms with van der Waals surface area (Å²) in [7, 11) is 5.82. The van der Waals surface area contributed by atoms with Gasteiger partial charge in [-0.3, -0.25) is 4.79 Å². The van der Waals surface area contributed by atoms with Gasteiger partial charge in [0.25, 0.3) is 5.91 Å². The van der Waals surface area contributed by atoms with Crippen molar-refractivity contribution in [3.8, 4) is 28.7 Å². The highest BCUT2D eigenvalue weighted by Gasteiger charge is 2.19. The van der Waals surface area contributed by atoms with Crippen molar-refractivity contribution in [1.82, 2.24) is 0 Å². The molecule has 0 unspecified atom stereocenters. The number of rotatable bonds is 10. The number of nitrogens with one attached hydrogen (secondary N) is 1. The lowest BCUT2D eigenvalue weighted by Crippen LogP contribution is -2.21. The van der Waals surface area contributed by atoms with Gasteiger partial charge in [-0.25, -0.2) is 4.79 Å². The van der Waals surface area contributed by atoms with Crippen molar-refractivity contribution in [2.75, 3.05) is 47.0 Å². The molecule has 0 saturated carbocycles. The van der Waals surface area contributed by atoms with E-state index in [0.717, 1.165) is 0 Å². The summed E-state index contributed by atoms with van der Waals surface area (Å²) >= 11 is 6.16. The molecule has 168 valence electrons. The fraction of sp³-hybridized carbons (Fsp3) is 0.333. The maximum Gasteiger partial charge on any atom is 0.338 e. The number of benzene rings is 2. The maximum absolute atomic E-state index is 12.4. The van der Waals surface area contributed by atoms with E-state index in [1.165, 1.54) is 40.6 Å². The predicted octanol–water partition coefficient (Wildman–Crippen LogP) is 3.57. The van der Waals surface area contributed by atoms with E-state index in [9.17, 15) is 9.59 Å². The Morgan fingerprint density at radius 1 is 0.871 bits per heavy atom. The Kier molecular flexibility index (Phi) is 8.63. The zero-order valence-corrected chi connectivity index (χ0v) is 18.6. The summed E-state index contributed by atoms with van der Waals surface area (Å²) in [5.41, 5.74) is 0.493. The summed E-state index contributed by atoms with van der Waals surface area (Å²) in [4.78, 5) is 24.6. The second-order valence-corrected chi connectivity index (χ2v) is 6.37. The van der Waals surface area contributed by atoms with Gasteiger partial charge in [-0.1, -0.05) is 11.6 Å². The molecule has 0 spiro atoms. The molecule has 2 rings (SSSR count). The third kappa shape index (κ3) is 5.85. The minimum Gasteiger partial charge on any atom is -0.493 e. The molecule has 2 aromatic carbocycles. The standard InChI is InChI=1S/C21H24ClNO8/c1-6-30-19-14(22)7-12(8-15(19)26-2)21(25)31-11-18(24)23-13-9-16(27-3)20(29-5)17(10-13)28-4/h7-10H,6,11H2,1-5H3,(H,23,24). The molecule has 0 heterocycles. The number of hydrogen-bond donors (Lipinski definition) is 1. The molecule has 0 bridgehead atoms. The zero-order valence-electron chi connectivity index (χ0n) is 17.9. The first-order valence-corrected chi connectivity index (χ1v) is 9.53. The molecule has 2 aromatic rings. The molecule has 0 radical (unpaired) electrons. The van der Waals surface area contributed by atoms with Crippen molar-refractivity contribution in [3.63, 3.8) is 0 Å². The van der Waals surface area contributed by atoms with Gasteiger partial charge in [0, 0.05) is 17.8 Å². The number of hydrogen-bond acceptors (Lipinski definition) is 8. The fourth-order valence-electron chi connectivity index (χ4n) is 2.69. The monoisotopic (exact) mass is 453 g/mol. The highest BCUT2D eigenvalue weighted by molar-refractivity contribution is 6.32. The lowest BCUT2D eigenvalue weighted by Gasteiger charge is -2.15. The number of esters is 1. The van der Waals surface area contributed by atoms with Gasteiger partial charge in [0.2, 0.25) is 5.75 Å². The van der Waals surface area contributed by atoms with Crippen molar-refractivity contribution in [2.45, 2.75) is 6.92 Å². The van der Waals surface area contributed by atoms with Crippen molar-refractivity contribution >= 4 is 29.2 Å². The summed E-state index contributed by atoms with van der Waals surface area (Å²) in [5.74, 6) is 0.410. The Bertz CT molecular complexity index is 922. The van der Waals surface area contributed by atoms with Crippen molar-refractivity contribution in [1.29, 1.82) is 0 Å². The molecule has 9 nitrogen and oxygen atoms in total. The summed E-state index contributed by atoms with van der Waals surface area (Å²) < 4.78 is 31.4. The predicted molar refractivity (Wildman–Crippen MR) is 114 cm³/mol. The summed E-state index contributed by atoms with van der Waals surface area (Å²) in [6.45, 7) is 1.65. The van der Waals surface area contributed by atoms with Gasteiger partial charge in [-0.2, -0.15) is 0 Å². The second-order valence-electron chi connectivity index (χ2n) is 5.96. The smallest absolute Gasteiger partial charge is 0.338 e. The summed E-state index contributed by atoms with van der Waals surface area (Å²) in [6, 6.07) is 5.92. The van der Waals surface area contributed by atoms with Gasteiger partial charge in [0.05, 0.1) is 45.6 Å². The normalized spacial score (nSPS) is 10.1. The molecule has 0 aliphatic rings. The molecule has 1 N–H and O–H groups in total. The van der Waals surface area contributed by atoms with E-state index in [-0.39, 0.29) is 16.3 Å². The second kappa shape index (κ2) is 11.2. The van der Waals surface area contributed by atoms with E-state index >= 15 is 0 Å². The van der Waals surface area contributed by atoms with E-state index in [1.807, 2.05) is 0 Å². The molecule has 0 aromatic heterocycles. The summed E-state index contributed by atoms with van der Waals surface area (Å²) in [6.07, 6.45) is 0. The molecule has 0 fully saturated rings. The van der Waals surface area contributed by atoms with Gasteiger partial charge in [0.1, 0.15) is 0 Å². The van der Waals surface area contributed by atoms with Gasteiger partial charge >= 0.3 is 5.97 Å². The van der Waals surface area contributed by atoms with Crippen LogP contribution < -0.4 is 29.0 Å². The first-order chi connectivity index (χ1) is 14.9. The van der Waals surface area contributed by atoms with Crippen LogP contribution in [0.1, 0.15) is 17.3 Å². The number of anilines is 1. The van der Waals surface area contributed by atoms with Crippen LogP contribution in [-0.2, 0) is 9.53 Å². The van der Waals surface area contributed by atoms with Crippen LogP contribution in [0.4, 0.5) is 5.69 Å². The molecule has 0 atom stereocenters. The van der Waals surface area contributed by atoms with Crippen LogP contribution in [0.5, 0.6) is 28.7 Å². The highest BCUT2D eigenvalue weighted by Crippen LogP contribution is 2.40. The molecular weight excluding hydrogens is 430 g/mol. The quantitative estimate of drug-likeness (QED) is 0.545. The van der Waals surface area contributed by atoms with Gasteiger partial charge < -0.3 is 33.7 Å². The van der Waals surface area contributed by atoms with Gasteiger partial charge in [0.15, 0.2) is 29.6 Å². The van der Waals surface area contributed by atoms with Crippen molar-refractivity contribution in [3.05, 3.63) is 34.9 Å². The van der Waals surface area contributed by atoms with Crippen LogP contribution in [0.15, 0.2) is 24.3 Å². The SMILES string of the molecule is CCOc1c(Cl)cc(C(=O)OCC(=O)Nc2cc(OC)c(OC)c(OC)c2)cc1OC. The van der Waals surface area contributed by atoms with Crippen LogP contribution >= 0.6 is 11.6 Å². The molecule has 31 heavy (non-hydrogen) atoms. The number of carbonyl (C=O) groups excluding carboxylic acids is 2. The number of ether oxygens (including phenoxy) is 6.